The first-order chi connectivity index (χ1) is 6.61. The minimum absolute atomic E-state index is 0.480. The Balaban J connectivity index is 2.66. The largest absolute Gasteiger partial charge is 0.368 e. The van der Waals surface area contributed by atoms with Gasteiger partial charge >= 0.3 is 0 Å². The van der Waals surface area contributed by atoms with Gasteiger partial charge in [0.15, 0.2) is 0 Å². The quantitative estimate of drug-likeness (QED) is 0.799. The van der Waals surface area contributed by atoms with Crippen LogP contribution in [0.15, 0.2) is 6.07 Å². The fraction of sp³-hybridized carbons (Fsp3) is 0.636. The zero-order chi connectivity index (χ0) is 10.6. The van der Waals surface area contributed by atoms with E-state index in [9.17, 15) is 0 Å². The Morgan fingerprint density at radius 2 is 2.07 bits per heavy atom. The van der Waals surface area contributed by atoms with Crippen LogP contribution in [0, 0.1) is 13.8 Å². The molecule has 0 amide bonds. The van der Waals surface area contributed by atoms with Gasteiger partial charge in [-0.2, -0.15) is 0 Å². The molecule has 0 aliphatic heterocycles. The first-order valence-corrected chi connectivity index (χ1v) is 5.20. The normalized spacial score (nSPS) is 12.6. The molecule has 3 heteroatoms. The van der Waals surface area contributed by atoms with Crippen molar-refractivity contribution in [2.24, 2.45) is 0 Å². The van der Waals surface area contributed by atoms with Crippen molar-refractivity contribution in [3.05, 3.63) is 17.6 Å². The van der Waals surface area contributed by atoms with Crippen LogP contribution in [0.3, 0.4) is 0 Å². The number of hydrogen-bond acceptors (Lipinski definition) is 3. The van der Waals surface area contributed by atoms with Gasteiger partial charge in [-0.05, 0) is 27.2 Å². The highest BCUT2D eigenvalue weighted by molar-refractivity contribution is 5.36. The van der Waals surface area contributed by atoms with E-state index in [0.717, 1.165) is 17.3 Å². The molecular weight excluding hydrogens is 174 g/mol. The summed E-state index contributed by atoms with van der Waals surface area (Å²) in [6.07, 6.45) is 2.36. The maximum Gasteiger partial charge on any atom is 0.130 e. The molecular formula is C11H19N3. The molecule has 1 atom stereocenters. The number of aromatic nitrogens is 2. The standard InChI is InChI=1S/C11H19N3/c1-5-6-8(2)13-11-7-9(3)12-10(4)14-11/h7-8H,5-6H2,1-4H3,(H,12,13,14). The molecule has 1 unspecified atom stereocenters. The summed E-state index contributed by atoms with van der Waals surface area (Å²) in [6.45, 7) is 8.28. The third-order valence-electron chi connectivity index (χ3n) is 2.08. The van der Waals surface area contributed by atoms with E-state index < -0.39 is 0 Å². The zero-order valence-electron chi connectivity index (χ0n) is 9.46. The zero-order valence-corrected chi connectivity index (χ0v) is 9.46. The predicted octanol–water partition coefficient (Wildman–Crippen LogP) is 2.69. The molecule has 0 spiro atoms. The molecule has 0 aliphatic carbocycles. The van der Waals surface area contributed by atoms with E-state index in [0.29, 0.717) is 6.04 Å². The molecule has 1 aromatic heterocycles. The molecule has 1 aromatic rings. The van der Waals surface area contributed by atoms with Gasteiger partial charge in [0.1, 0.15) is 11.6 Å². The summed E-state index contributed by atoms with van der Waals surface area (Å²) in [5, 5.41) is 3.37. The number of aryl methyl sites for hydroxylation is 2. The highest BCUT2D eigenvalue weighted by Gasteiger charge is 2.02. The summed E-state index contributed by atoms with van der Waals surface area (Å²) in [5.74, 6) is 1.77. The first kappa shape index (κ1) is 11.0. The minimum atomic E-state index is 0.480. The van der Waals surface area contributed by atoms with Gasteiger partial charge in [-0.3, -0.25) is 0 Å². The van der Waals surface area contributed by atoms with Gasteiger partial charge in [0.2, 0.25) is 0 Å². The average molecular weight is 193 g/mol. The number of nitrogens with zero attached hydrogens (tertiary/aromatic N) is 2. The summed E-state index contributed by atoms with van der Waals surface area (Å²) in [6, 6.07) is 2.47. The van der Waals surface area contributed by atoms with E-state index in [4.69, 9.17) is 0 Å². The van der Waals surface area contributed by atoms with Crippen molar-refractivity contribution in [1.29, 1.82) is 0 Å². The van der Waals surface area contributed by atoms with Crippen molar-refractivity contribution < 1.29 is 0 Å². The molecule has 0 radical (unpaired) electrons. The van der Waals surface area contributed by atoms with Crippen molar-refractivity contribution in [1.82, 2.24) is 9.97 Å². The van der Waals surface area contributed by atoms with E-state index >= 15 is 0 Å². The molecule has 0 bridgehead atoms. The Morgan fingerprint density at radius 3 is 2.64 bits per heavy atom. The van der Waals surface area contributed by atoms with E-state index in [2.05, 4.69) is 29.1 Å². The molecule has 0 aliphatic rings. The second-order valence-electron chi connectivity index (χ2n) is 3.78. The molecule has 0 fully saturated rings. The third-order valence-corrected chi connectivity index (χ3v) is 2.08. The summed E-state index contributed by atoms with van der Waals surface area (Å²) in [5.41, 5.74) is 1.02. The Labute approximate surface area is 86.0 Å². The number of hydrogen-bond donors (Lipinski definition) is 1. The lowest BCUT2D eigenvalue weighted by molar-refractivity contribution is 0.686. The van der Waals surface area contributed by atoms with Gasteiger partial charge in [0, 0.05) is 17.8 Å². The number of nitrogens with one attached hydrogen (secondary N) is 1. The van der Waals surface area contributed by atoms with Gasteiger partial charge in [-0.25, -0.2) is 9.97 Å². The van der Waals surface area contributed by atoms with Crippen molar-refractivity contribution >= 4 is 5.82 Å². The Morgan fingerprint density at radius 1 is 1.36 bits per heavy atom. The highest BCUT2D eigenvalue weighted by atomic mass is 15.0. The van der Waals surface area contributed by atoms with Crippen LogP contribution in [-0.4, -0.2) is 16.0 Å². The van der Waals surface area contributed by atoms with Crippen molar-refractivity contribution in [2.75, 3.05) is 5.32 Å². The van der Waals surface area contributed by atoms with Gasteiger partial charge in [-0.15, -0.1) is 0 Å². The van der Waals surface area contributed by atoms with E-state index in [1.165, 1.54) is 12.8 Å². The minimum Gasteiger partial charge on any atom is -0.368 e. The molecule has 1 heterocycles. The number of rotatable bonds is 4. The summed E-state index contributed by atoms with van der Waals surface area (Å²) < 4.78 is 0. The molecule has 0 aromatic carbocycles. The van der Waals surface area contributed by atoms with Gasteiger partial charge in [-0.1, -0.05) is 13.3 Å². The van der Waals surface area contributed by atoms with E-state index in [-0.39, 0.29) is 0 Å². The van der Waals surface area contributed by atoms with Crippen LogP contribution in [0.25, 0.3) is 0 Å². The topological polar surface area (TPSA) is 37.8 Å². The summed E-state index contributed by atoms with van der Waals surface area (Å²) in [4.78, 5) is 8.57. The van der Waals surface area contributed by atoms with Crippen molar-refractivity contribution in [2.45, 2.75) is 46.6 Å². The molecule has 1 rings (SSSR count). The summed E-state index contributed by atoms with van der Waals surface area (Å²) >= 11 is 0. The SMILES string of the molecule is CCCC(C)Nc1cc(C)nc(C)n1. The Kier molecular flexibility index (Phi) is 3.86. The number of anilines is 1. The Hall–Kier alpha value is -1.12. The van der Waals surface area contributed by atoms with Crippen LogP contribution < -0.4 is 5.32 Å². The smallest absolute Gasteiger partial charge is 0.130 e. The van der Waals surface area contributed by atoms with Crippen LogP contribution in [0.5, 0.6) is 0 Å². The van der Waals surface area contributed by atoms with Gasteiger partial charge in [0.25, 0.3) is 0 Å². The maximum absolute atomic E-state index is 4.33. The summed E-state index contributed by atoms with van der Waals surface area (Å²) in [7, 11) is 0. The second kappa shape index (κ2) is 4.94. The van der Waals surface area contributed by atoms with Crippen LogP contribution in [0.1, 0.15) is 38.2 Å². The van der Waals surface area contributed by atoms with Gasteiger partial charge in [0.05, 0.1) is 0 Å². The van der Waals surface area contributed by atoms with Crippen LogP contribution in [0.4, 0.5) is 5.82 Å². The van der Waals surface area contributed by atoms with Crippen LogP contribution in [0.2, 0.25) is 0 Å². The van der Waals surface area contributed by atoms with Crippen molar-refractivity contribution in [3.63, 3.8) is 0 Å². The highest BCUT2D eigenvalue weighted by Crippen LogP contribution is 2.09. The molecule has 1 N–H and O–H groups in total. The molecule has 14 heavy (non-hydrogen) atoms. The van der Waals surface area contributed by atoms with Crippen molar-refractivity contribution in [3.8, 4) is 0 Å². The lowest BCUT2D eigenvalue weighted by atomic mass is 10.2. The third kappa shape index (κ3) is 3.32. The molecule has 78 valence electrons. The average Bonchev–Trinajstić information content (AvgIpc) is 2.01. The predicted molar refractivity (Wildman–Crippen MR) is 59.5 cm³/mol. The fourth-order valence-electron chi connectivity index (χ4n) is 1.55. The maximum atomic E-state index is 4.33. The van der Waals surface area contributed by atoms with E-state index in [1.54, 1.807) is 0 Å². The lowest BCUT2D eigenvalue weighted by Gasteiger charge is -2.13. The van der Waals surface area contributed by atoms with Gasteiger partial charge < -0.3 is 5.32 Å². The fourth-order valence-corrected chi connectivity index (χ4v) is 1.55. The lowest BCUT2D eigenvalue weighted by Crippen LogP contribution is -2.16. The monoisotopic (exact) mass is 193 g/mol. The molecule has 3 nitrogen and oxygen atoms in total. The van der Waals surface area contributed by atoms with Crippen LogP contribution >= 0.6 is 0 Å². The Bertz CT molecular complexity index is 276. The molecule has 0 saturated carbocycles. The van der Waals surface area contributed by atoms with E-state index in [1.807, 2.05) is 19.9 Å². The second-order valence-corrected chi connectivity index (χ2v) is 3.78. The molecule has 0 saturated heterocycles. The first-order valence-electron chi connectivity index (χ1n) is 5.20. The van der Waals surface area contributed by atoms with Crippen LogP contribution in [-0.2, 0) is 0 Å².